The molecule has 106 valence electrons. The number of hydrogen-bond acceptors (Lipinski definition) is 5. The molecule has 0 aliphatic carbocycles. The highest BCUT2D eigenvalue weighted by molar-refractivity contribution is 5.86. The minimum absolute atomic E-state index is 0.155. The molecular formula is C15H16O5. The van der Waals surface area contributed by atoms with E-state index in [1.807, 2.05) is 25.1 Å². The van der Waals surface area contributed by atoms with Gasteiger partial charge in [0.25, 0.3) is 0 Å². The first-order chi connectivity index (χ1) is 9.63. The van der Waals surface area contributed by atoms with E-state index in [9.17, 15) is 4.79 Å². The smallest absolute Gasteiger partial charge is 0.373 e. The Morgan fingerprint density at radius 2 is 1.95 bits per heavy atom. The topological polar surface area (TPSA) is 57.9 Å². The van der Waals surface area contributed by atoms with Crippen LogP contribution in [0.5, 0.6) is 11.5 Å². The van der Waals surface area contributed by atoms with E-state index in [0.717, 1.165) is 5.56 Å². The first-order valence-electron chi connectivity index (χ1n) is 6.08. The fraction of sp³-hybridized carbons (Fsp3) is 0.267. The summed E-state index contributed by atoms with van der Waals surface area (Å²) in [7, 11) is 2.89. The van der Waals surface area contributed by atoms with Gasteiger partial charge in [-0.1, -0.05) is 6.07 Å². The zero-order valence-electron chi connectivity index (χ0n) is 11.6. The Balaban J connectivity index is 2.05. The number of ether oxygens (including phenoxy) is 3. The largest absolute Gasteiger partial charge is 0.493 e. The number of methoxy groups -OCH3 is 2. The summed E-state index contributed by atoms with van der Waals surface area (Å²) in [5, 5.41) is 0. The standard InChI is InChI=1S/C15H16O5/c1-10-4-6-12(14(8-10)17-2)19-9-11-5-7-13(20-11)15(16)18-3/h4-8H,9H2,1-3H3. The number of carbonyl (C=O) groups excluding carboxylic acids is 1. The monoisotopic (exact) mass is 276 g/mol. The first-order valence-corrected chi connectivity index (χ1v) is 6.08. The third-order valence-corrected chi connectivity index (χ3v) is 2.74. The van der Waals surface area contributed by atoms with Crippen LogP contribution >= 0.6 is 0 Å². The third kappa shape index (κ3) is 3.12. The van der Waals surface area contributed by atoms with Gasteiger partial charge in [0.15, 0.2) is 11.5 Å². The molecule has 0 radical (unpaired) electrons. The fourth-order valence-electron chi connectivity index (χ4n) is 1.71. The second kappa shape index (κ2) is 6.14. The van der Waals surface area contributed by atoms with E-state index in [1.165, 1.54) is 7.11 Å². The summed E-state index contributed by atoms with van der Waals surface area (Å²) in [6, 6.07) is 8.87. The van der Waals surface area contributed by atoms with Gasteiger partial charge in [-0.15, -0.1) is 0 Å². The third-order valence-electron chi connectivity index (χ3n) is 2.74. The van der Waals surface area contributed by atoms with E-state index in [4.69, 9.17) is 13.9 Å². The molecule has 0 bridgehead atoms. The Kier molecular flexibility index (Phi) is 4.30. The maximum atomic E-state index is 11.3. The predicted octanol–water partition coefficient (Wildman–Crippen LogP) is 2.96. The van der Waals surface area contributed by atoms with Crippen LogP contribution in [0.4, 0.5) is 0 Å². The average Bonchev–Trinajstić information content (AvgIpc) is 2.93. The van der Waals surface area contributed by atoms with Crippen molar-refractivity contribution < 1.29 is 23.4 Å². The van der Waals surface area contributed by atoms with Crippen LogP contribution in [0.3, 0.4) is 0 Å². The molecule has 0 saturated carbocycles. The molecule has 0 spiro atoms. The van der Waals surface area contributed by atoms with Crippen LogP contribution in [0.1, 0.15) is 21.9 Å². The molecule has 0 saturated heterocycles. The normalized spacial score (nSPS) is 10.2. The Morgan fingerprint density at radius 1 is 1.15 bits per heavy atom. The number of benzene rings is 1. The minimum Gasteiger partial charge on any atom is -0.493 e. The van der Waals surface area contributed by atoms with E-state index in [2.05, 4.69) is 4.74 Å². The van der Waals surface area contributed by atoms with Crippen LogP contribution < -0.4 is 9.47 Å². The number of hydrogen-bond donors (Lipinski definition) is 0. The maximum Gasteiger partial charge on any atom is 0.373 e. The minimum atomic E-state index is -0.510. The Hall–Kier alpha value is -2.43. The van der Waals surface area contributed by atoms with Gasteiger partial charge in [-0.05, 0) is 36.8 Å². The summed E-state index contributed by atoms with van der Waals surface area (Å²) < 4.78 is 20.8. The molecule has 0 amide bonds. The number of aryl methyl sites for hydroxylation is 1. The van der Waals surface area contributed by atoms with Crippen LogP contribution in [-0.2, 0) is 11.3 Å². The number of esters is 1. The molecule has 2 rings (SSSR count). The summed E-state index contributed by atoms with van der Waals surface area (Å²) in [5.74, 6) is 1.46. The highest BCUT2D eigenvalue weighted by atomic mass is 16.5. The molecule has 0 fully saturated rings. The molecular weight excluding hydrogens is 260 g/mol. The molecule has 2 aromatic rings. The molecule has 20 heavy (non-hydrogen) atoms. The van der Waals surface area contributed by atoms with Crippen molar-refractivity contribution in [2.75, 3.05) is 14.2 Å². The van der Waals surface area contributed by atoms with Crippen molar-refractivity contribution in [3.8, 4) is 11.5 Å². The Bertz CT molecular complexity index is 600. The Morgan fingerprint density at radius 3 is 2.65 bits per heavy atom. The second-order valence-corrected chi connectivity index (χ2v) is 4.20. The molecule has 5 heteroatoms. The van der Waals surface area contributed by atoms with Crippen LogP contribution in [0.15, 0.2) is 34.7 Å². The van der Waals surface area contributed by atoms with Crippen molar-refractivity contribution in [1.29, 1.82) is 0 Å². The quantitative estimate of drug-likeness (QED) is 0.786. The van der Waals surface area contributed by atoms with Gasteiger partial charge in [-0.25, -0.2) is 4.79 Å². The average molecular weight is 276 g/mol. The first kappa shape index (κ1) is 14.0. The zero-order chi connectivity index (χ0) is 14.5. The summed E-state index contributed by atoms with van der Waals surface area (Å²) in [6.45, 7) is 2.18. The fourth-order valence-corrected chi connectivity index (χ4v) is 1.71. The van der Waals surface area contributed by atoms with Gasteiger partial charge in [0.05, 0.1) is 14.2 Å². The van der Waals surface area contributed by atoms with Crippen LogP contribution in [-0.4, -0.2) is 20.2 Å². The molecule has 0 unspecified atom stereocenters. The van der Waals surface area contributed by atoms with Crippen LogP contribution in [0.25, 0.3) is 0 Å². The van der Waals surface area contributed by atoms with Gasteiger partial charge >= 0.3 is 5.97 Å². The van der Waals surface area contributed by atoms with Crippen molar-refractivity contribution in [2.45, 2.75) is 13.5 Å². The van der Waals surface area contributed by atoms with Gasteiger partial charge in [0, 0.05) is 0 Å². The number of carbonyl (C=O) groups is 1. The van der Waals surface area contributed by atoms with Gasteiger partial charge in [-0.2, -0.15) is 0 Å². The maximum absolute atomic E-state index is 11.3. The lowest BCUT2D eigenvalue weighted by Crippen LogP contribution is -1.99. The van der Waals surface area contributed by atoms with E-state index < -0.39 is 5.97 Å². The van der Waals surface area contributed by atoms with Gasteiger partial charge in [-0.3, -0.25) is 0 Å². The molecule has 0 aliphatic rings. The molecule has 1 aromatic carbocycles. The van der Waals surface area contributed by atoms with Crippen molar-refractivity contribution in [1.82, 2.24) is 0 Å². The molecule has 0 atom stereocenters. The van der Waals surface area contributed by atoms with Gasteiger partial charge in [0.2, 0.25) is 5.76 Å². The predicted molar refractivity (Wildman–Crippen MR) is 72.1 cm³/mol. The van der Waals surface area contributed by atoms with E-state index in [0.29, 0.717) is 17.3 Å². The Labute approximate surface area is 117 Å². The highest BCUT2D eigenvalue weighted by Crippen LogP contribution is 2.28. The van der Waals surface area contributed by atoms with Crippen molar-refractivity contribution in [3.63, 3.8) is 0 Å². The van der Waals surface area contributed by atoms with E-state index in [-0.39, 0.29) is 12.4 Å². The molecule has 1 heterocycles. The lowest BCUT2D eigenvalue weighted by molar-refractivity contribution is 0.0561. The molecule has 1 aromatic heterocycles. The van der Waals surface area contributed by atoms with Gasteiger partial charge in [0.1, 0.15) is 12.4 Å². The molecule has 0 N–H and O–H groups in total. The summed E-state index contributed by atoms with van der Waals surface area (Å²) in [5.41, 5.74) is 1.08. The van der Waals surface area contributed by atoms with E-state index >= 15 is 0 Å². The summed E-state index contributed by atoms with van der Waals surface area (Å²) in [6.07, 6.45) is 0. The lowest BCUT2D eigenvalue weighted by atomic mass is 10.2. The van der Waals surface area contributed by atoms with Crippen LogP contribution in [0.2, 0.25) is 0 Å². The summed E-state index contributed by atoms with van der Waals surface area (Å²) in [4.78, 5) is 11.3. The van der Waals surface area contributed by atoms with Crippen molar-refractivity contribution in [2.24, 2.45) is 0 Å². The lowest BCUT2D eigenvalue weighted by Gasteiger charge is -2.10. The van der Waals surface area contributed by atoms with Crippen molar-refractivity contribution in [3.05, 3.63) is 47.4 Å². The molecule has 5 nitrogen and oxygen atoms in total. The number of rotatable bonds is 5. The summed E-state index contributed by atoms with van der Waals surface area (Å²) >= 11 is 0. The van der Waals surface area contributed by atoms with E-state index in [1.54, 1.807) is 19.2 Å². The molecule has 0 aliphatic heterocycles. The van der Waals surface area contributed by atoms with Gasteiger partial charge < -0.3 is 18.6 Å². The van der Waals surface area contributed by atoms with Crippen molar-refractivity contribution >= 4 is 5.97 Å². The highest BCUT2D eigenvalue weighted by Gasteiger charge is 2.12. The SMILES string of the molecule is COC(=O)c1ccc(COc2ccc(C)cc2OC)o1. The second-order valence-electron chi connectivity index (χ2n) is 4.20. The zero-order valence-corrected chi connectivity index (χ0v) is 11.6. The number of furan rings is 1. The van der Waals surface area contributed by atoms with Crippen LogP contribution in [0, 0.1) is 6.92 Å².